The molecule has 2 saturated carbocycles. The molecule has 0 bridgehead atoms. The van der Waals surface area contributed by atoms with E-state index in [-0.39, 0.29) is 23.4 Å². The van der Waals surface area contributed by atoms with Crippen molar-refractivity contribution in [2.24, 2.45) is 5.92 Å². The lowest BCUT2D eigenvalue weighted by atomic mass is 9.64. The number of rotatable bonds is 2. The first-order valence-electron chi connectivity index (χ1n) is 11.9. The molecule has 5 heteroatoms. The van der Waals surface area contributed by atoms with Crippen molar-refractivity contribution < 1.29 is 4.79 Å². The molecule has 0 radical (unpaired) electrons. The summed E-state index contributed by atoms with van der Waals surface area (Å²) >= 11 is 0. The second-order valence-corrected chi connectivity index (χ2v) is 10.0. The molecule has 1 aliphatic heterocycles. The number of hydrogen-bond donors (Lipinski definition) is 0. The topological polar surface area (TPSA) is 51.0 Å². The molecule has 0 saturated heterocycles. The van der Waals surface area contributed by atoms with Crippen molar-refractivity contribution in [1.82, 2.24) is 14.8 Å². The zero-order valence-corrected chi connectivity index (χ0v) is 18.6. The van der Waals surface area contributed by atoms with E-state index < -0.39 is 0 Å². The van der Waals surface area contributed by atoms with E-state index in [2.05, 4.69) is 25.5 Å². The van der Waals surface area contributed by atoms with Gasteiger partial charge in [-0.1, -0.05) is 63.6 Å². The molecule has 2 atom stereocenters. The van der Waals surface area contributed by atoms with Gasteiger partial charge in [-0.15, -0.1) is 0 Å². The summed E-state index contributed by atoms with van der Waals surface area (Å²) in [6, 6.07) is 8.22. The fraction of sp³-hybridized carbons (Fsp3) is 0.640. The second-order valence-electron chi connectivity index (χ2n) is 10.0. The molecule has 160 valence electrons. The lowest BCUT2D eigenvalue weighted by molar-refractivity contribution is 0.0310. The van der Waals surface area contributed by atoms with Gasteiger partial charge in [0, 0.05) is 23.4 Å². The van der Waals surface area contributed by atoms with Gasteiger partial charge in [-0.05, 0) is 44.7 Å². The van der Waals surface area contributed by atoms with Gasteiger partial charge in [0.15, 0.2) is 5.82 Å². The third-order valence-electron chi connectivity index (χ3n) is 7.75. The minimum Gasteiger partial charge on any atom is -0.273 e. The van der Waals surface area contributed by atoms with Crippen LogP contribution in [0, 0.1) is 12.8 Å². The van der Waals surface area contributed by atoms with E-state index in [1.165, 1.54) is 56.9 Å². The first-order chi connectivity index (χ1) is 14.5. The zero-order chi connectivity index (χ0) is 20.9. The van der Waals surface area contributed by atoms with Gasteiger partial charge in [0.1, 0.15) is 0 Å². The Bertz CT molecular complexity index is 923. The number of aromatic nitrogens is 3. The summed E-state index contributed by atoms with van der Waals surface area (Å²) < 4.78 is 2.22. The van der Waals surface area contributed by atoms with Crippen molar-refractivity contribution >= 4 is 11.9 Å². The maximum Gasteiger partial charge on any atom is 0.260 e. The molecule has 2 aromatic rings. The fourth-order valence-corrected chi connectivity index (χ4v) is 6.19. The molecule has 2 heterocycles. The highest BCUT2D eigenvalue weighted by Gasteiger charge is 2.55. The van der Waals surface area contributed by atoms with Crippen LogP contribution in [0.2, 0.25) is 0 Å². The van der Waals surface area contributed by atoms with Gasteiger partial charge >= 0.3 is 0 Å². The Labute approximate surface area is 179 Å². The van der Waals surface area contributed by atoms with E-state index in [1.54, 1.807) is 0 Å². The Balaban J connectivity index is 1.67. The van der Waals surface area contributed by atoms with E-state index in [0.29, 0.717) is 5.92 Å². The maximum absolute atomic E-state index is 13.8. The molecule has 2 aliphatic carbocycles. The van der Waals surface area contributed by atoms with Crippen molar-refractivity contribution in [3.8, 4) is 0 Å². The Morgan fingerprint density at radius 2 is 1.73 bits per heavy atom. The average Bonchev–Trinajstić information content (AvgIpc) is 3.21. The van der Waals surface area contributed by atoms with Crippen LogP contribution in [0.3, 0.4) is 0 Å². The van der Waals surface area contributed by atoms with E-state index in [9.17, 15) is 4.79 Å². The molecule has 3 aliphatic rings. The molecule has 0 N–H and O–H groups in total. The fourth-order valence-electron chi connectivity index (χ4n) is 6.19. The molecule has 5 nitrogen and oxygen atoms in total. The predicted molar refractivity (Wildman–Crippen MR) is 119 cm³/mol. The summed E-state index contributed by atoms with van der Waals surface area (Å²) in [6.45, 7) is 6.35. The van der Waals surface area contributed by atoms with Gasteiger partial charge in [-0.2, -0.15) is 10.1 Å². The number of fused-ring (bicyclic) bond motifs is 4. The molecule has 2 fully saturated rings. The minimum absolute atomic E-state index is 0.0445. The largest absolute Gasteiger partial charge is 0.273 e. The second kappa shape index (κ2) is 7.51. The van der Waals surface area contributed by atoms with E-state index in [4.69, 9.17) is 10.1 Å². The normalized spacial score (nSPS) is 25.3. The Hall–Kier alpha value is -2.17. The molecule has 1 aromatic carbocycles. The maximum atomic E-state index is 13.8. The lowest BCUT2D eigenvalue weighted by Gasteiger charge is -2.55. The predicted octanol–water partition coefficient (Wildman–Crippen LogP) is 5.59. The summed E-state index contributed by atoms with van der Waals surface area (Å²) in [5.74, 6) is 2.49. The SMILES string of the molecule is Cc1ccc(C(=O)N2c3nc(C(C)C)nn3C3(CCCCC3)C3CCCCC32)cc1. The average molecular weight is 407 g/mol. The van der Waals surface area contributed by atoms with Gasteiger partial charge in [0.05, 0.1) is 5.54 Å². The number of amides is 1. The van der Waals surface area contributed by atoms with Crippen molar-refractivity contribution in [2.75, 3.05) is 4.90 Å². The molecule has 1 spiro atoms. The van der Waals surface area contributed by atoms with Crippen LogP contribution in [-0.4, -0.2) is 26.7 Å². The van der Waals surface area contributed by atoms with Gasteiger partial charge in [0.25, 0.3) is 5.91 Å². The summed E-state index contributed by atoms with van der Waals surface area (Å²) in [4.78, 5) is 20.9. The molecule has 30 heavy (non-hydrogen) atoms. The first-order valence-corrected chi connectivity index (χ1v) is 11.9. The molecule has 2 unspecified atom stereocenters. The van der Waals surface area contributed by atoms with Crippen LogP contribution in [0.25, 0.3) is 0 Å². The third kappa shape index (κ3) is 3.00. The van der Waals surface area contributed by atoms with Gasteiger partial charge < -0.3 is 0 Å². The first kappa shape index (κ1) is 19.8. The Kier molecular flexibility index (Phi) is 4.95. The van der Waals surface area contributed by atoms with Crippen molar-refractivity contribution in [2.45, 2.75) is 96.1 Å². The lowest BCUT2D eigenvalue weighted by Crippen LogP contribution is -2.61. The van der Waals surface area contributed by atoms with E-state index >= 15 is 0 Å². The highest BCUT2D eigenvalue weighted by atomic mass is 16.2. The quantitative estimate of drug-likeness (QED) is 0.653. The number of hydrogen-bond acceptors (Lipinski definition) is 3. The van der Waals surface area contributed by atoms with Crippen LogP contribution in [0.1, 0.15) is 99.3 Å². The highest BCUT2D eigenvalue weighted by molar-refractivity contribution is 6.06. The molecule has 1 aromatic heterocycles. The van der Waals surface area contributed by atoms with Crippen LogP contribution < -0.4 is 4.90 Å². The summed E-state index contributed by atoms with van der Waals surface area (Å²) in [5, 5.41) is 5.07. The number of nitrogens with zero attached hydrogens (tertiary/aromatic N) is 4. The monoisotopic (exact) mass is 406 g/mol. The Morgan fingerprint density at radius 3 is 2.43 bits per heavy atom. The van der Waals surface area contributed by atoms with Crippen LogP contribution in [0.4, 0.5) is 5.95 Å². The van der Waals surface area contributed by atoms with Crippen LogP contribution >= 0.6 is 0 Å². The molecule has 5 rings (SSSR count). The number of anilines is 1. The molecular formula is C25H34N4O. The van der Waals surface area contributed by atoms with Crippen molar-refractivity contribution in [3.63, 3.8) is 0 Å². The summed E-state index contributed by atoms with van der Waals surface area (Å²) in [6.07, 6.45) is 10.9. The molecular weight excluding hydrogens is 372 g/mol. The number of aryl methyl sites for hydroxylation is 1. The van der Waals surface area contributed by atoms with E-state index in [0.717, 1.165) is 23.8 Å². The summed E-state index contributed by atoms with van der Waals surface area (Å²) in [5.41, 5.74) is 1.97. The Morgan fingerprint density at radius 1 is 1.03 bits per heavy atom. The standard InChI is InChI=1S/C25H34N4O/c1-17(2)22-26-24-28(23(30)19-13-11-18(3)12-14-19)21-10-6-5-9-20(21)25(29(24)27-22)15-7-4-8-16-25/h11-14,17,20-21H,4-10,15-16H2,1-3H3. The van der Waals surface area contributed by atoms with Crippen LogP contribution in [-0.2, 0) is 5.54 Å². The van der Waals surface area contributed by atoms with Crippen LogP contribution in [0.15, 0.2) is 24.3 Å². The number of carbonyl (C=O) groups excluding carboxylic acids is 1. The number of benzene rings is 1. The van der Waals surface area contributed by atoms with Crippen LogP contribution in [0.5, 0.6) is 0 Å². The zero-order valence-electron chi connectivity index (χ0n) is 18.6. The third-order valence-corrected chi connectivity index (χ3v) is 7.75. The highest BCUT2D eigenvalue weighted by Crippen LogP contribution is 2.53. The molecule has 1 amide bonds. The van der Waals surface area contributed by atoms with E-state index in [1.807, 2.05) is 29.2 Å². The van der Waals surface area contributed by atoms with Crippen molar-refractivity contribution in [1.29, 1.82) is 0 Å². The van der Waals surface area contributed by atoms with Gasteiger partial charge in [-0.25, -0.2) is 4.68 Å². The van der Waals surface area contributed by atoms with Gasteiger partial charge in [0.2, 0.25) is 5.95 Å². The number of carbonyl (C=O) groups is 1. The van der Waals surface area contributed by atoms with Crippen molar-refractivity contribution in [3.05, 3.63) is 41.2 Å². The summed E-state index contributed by atoms with van der Waals surface area (Å²) in [7, 11) is 0. The van der Waals surface area contributed by atoms with Gasteiger partial charge in [-0.3, -0.25) is 9.69 Å². The smallest absolute Gasteiger partial charge is 0.260 e. The minimum atomic E-state index is 0.0445.